The van der Waals surface area contributed by atoms with Crippen molar-refractivity contribution in [3.05, 3.63) is 86.6 Å². The Hall–Kier alpha value is -4.16. The van der Waals surface area contributed by atoms with Crippen LogP contribution in [0, 0.1) is 21.4 Å². The molecule has 0 saturated heterocycles. The van der Waals surface area contributed by atoms with E-state index in [2.05, 4.69) is 21.6 Å². The Balaban J connectivity index is 1.72. The number of rotatable bonds is 8. The molecule has 0 amide bonds. The molecule has 0 bridgehead atoms. The van der Waals surface area contributed by atoms with E-state index in [4.69, 9.17) is 21.1 Å². The van der Waals surface area contributed by atoms with Crippen LogP contribution in [0.3, 0.4) is 0 Å². The number of hydrogen-bond donors (Lipinski definition) is 1. The highest BCUT2D eigenvalue weighted by atomic mass is 35.5. The molecule has 9 nitrogen and oxygen atoms in total. The van der Waals surface area contributed by atoms with Crippen molar-refractivity contribution in [1.29, 1.82) is 5.26 Å². The summed E-state index contributed by atoms with van der Waals surface area (Å²) >= 11 is 6.37. The second-order valence-corrected chi connectivity index (χ2v) is 6.53. The number of ether oxygens (including phenoxy) is 2. The molecule has 156 valence electrons. The fourth-order valence-electron chi connectivity index (χ4n) is 2.59. The van der Waals surface area contributed by atoms with Gasteiger partial charge in [-0.3, -0.25) is 15.5 Å². The topological polar surface area (TPSA) is 123 Å². The number of hydrazone groups is 1. The van der Waals surface area contributed by atoms with E-state index < -0.39 is 4.92 Å². The van der Waals surface area contributed by atoms with E-state index in [9.17, 15) is 15.4 Å². The molecule has 0 spiro atoms. The lowest BCUT2D eigenvalue weighted by Gasteiger charge is -2.14. The summed E-state index contributed by atoms with van der Waals surface area (Å²) in [7, 11) is 1.49. The molecule has 0 aliphatic heterocycles. The summed E-state index contributed by atoms with van der Waals surface area (Å²) in [6.07, 6.45) is 2.63. The Labute approximate surface area is 182 Å². The van der Waals surface area contributed by atoms with Gasteiger partial charge in [-0.15, -0.1) is 0 Å². The van der Waals surface area contributed by atoms with Crippen molar-refractivity contribution in [2.45, 2.75) is 6.61 Å². The minimum absolute atomic E-state index is 0.112. The van der Waals surface area contributed by atoms with Gasteiger partial charge in [0, 0.05) is 11.6 Å². The molecule has 0 aliphatic carbocycles. The summed E-state index contributed by atoms with van der Waals surface area (Å²) < 4.78 is 11.2. The second-order valence-electron chi connectivity index (χ2n) is 6.12. The highest BCUT2D eigenvalue weighted by Crippen LogP contribution is 2.36. The van der Waals surface area contributed by atoms with Crippen molar-refractivity contribution in [1.82, 2.24) is 4.98 Å². The van der Waals surface area contributed by atoms with Crippen molar-refractivity contribution in [3.8, 4) is 17.6 Å². The summed E-state index contributed by atoms with van der Waals surface area (Å²) in [5, 5.41) is 24.2. The van der Waals surface area contributed by atoms with Gasteiger partial charge in [0.05, 0.1) is 34.9 Å². The smallest absolute Gasteiger partial charge is 0.287 e. The Morgan fingerprint density at radius 2 is 2.13 bits per heavy atom. The van der Waals surface area contributed by atoms with Crippen LogP contribution in [-0.2, 0) is 6.61 Å². The molecule has 1 N–H and O–H groups in total. The highest BCUT2D eigenvalue weighted by Gasteiger charge is 2.13. The Kier molecular flexibility index (Phi) is 6.98. The van der Waals surface area contributed by atoms with E-state index in [1.165, 1.54) is 25.5 Å². The van der Waals surface area contributed by atoms with Crippen molar-refractivity contribution in [2.75, 3.05) is 12.5 Å². The zero-order valence-electron chi connectivity index (χ0n) is 16.3. The fraction of sp³-hybridized carbons (Fsp3) is 0.0952. The molecule has 3 aromatic rings. The zero-order valence-corrected chi connectivity index (χ0v) is 17.0. The van der Waals surface area contributed by atoms with Crippen LogP contribution in [0.1, 0.15) is 16.7 Å². The summed E-state index contributed by atoms with van der Waals surface area (Å²) in [5.41, 5.74) is 4.44. The maximum absolute atomic E-state index is 10.7. The Morgan fingerprint density at radius 1 is 1.32 bits per heavy atom. The summed E-state index contributed by atoms with van der Waals surface area (Å²) in [6, 6.07) is 15.3. The third-order valence-electron chi connectivity index (χ3n) is 4.11. The fourth-order valence-corrected chi connectivity index (χ4v) is 2.87. The molecular formula is C21H16ClN5O4. The first kappa shape index (κ1) is 21.5. The highest BCUT2D eigenvalue weighted by molar-refractivity contribution is 6.32. The number of aromatic nitrogens is 1. The molecule has 10 heteroatoms. The van der Waals surface area contributed by atoms with Gasteiger partial charge >= 0.3 is 0 Å². The lowest BCUT2D eigenvalue weighted by Crippen LogP contribution is -2.01. The zero-order chi connectivity index (χ0) is 22.2. The van der Waals surface area contributed by atoms with Gasteiger partial charge in [0.25, 0.3) is 5.69 Å². The predicted molar refractivity (Wildman–Crippen MR) is 116 cm³/mol. The lowest BCUT2D eigenvalue weighted by molar-refractivity contribution is -0.385. The van der Waals surface area contributed by atoms with Gasteiger partial charge in [0.2, 0.25) is 0 Å². The van der Waals surface area contributed by atoms with E-state index in [0.717, 1.165) is 11.8 Å². The van der Waals surface area contributed by atoms with Gasteiger partial charge in [-0.1, -0.05) is 29.8 Å². The number of nitro groups is 1. The van der Waals surface area contributed by atoms with Crippen LogP contribution in [0.5, 0.6) is 11.5 Å². The molecule has 3 rings (SSSR count). The van der Waals surface area contributed by atoms with Crippen molar-refractivity contribution < 1.29 is 14.4 Å². The molecule has 0 radical (unpaired) electrons. The quantitative estimate of drug-likeness (QED) is 0.311. The third kappa shape index (κ3) is 5.46. The molecule has 0 unspecified atom stereocenters. The van der Waals surface area contributed by atoms with Crippen LogP contribution in [-0.4, -0.2) is 23.2 Å². The van der Waals surface area contributed by atoms with E-state index in [-0.39, 0.29) is 12.3 Å². The van der Waals surface area contributed by atoms with Gasteiger partial charge in [-0.05, 0) is 29.8 Å². The second kappa shape index (κ2) is 10.0. The molecule has 0 saturated carbocycles. The number of hydrogen-bond acceptors (Lipinski definition) is 8. The molecule has 31 heavy (non-hydrogen) atoms. The first-order chi connectivity index (χ1) is 15.0. The average Bonchev–Trinajstić information content (AvgIpc) is 2.78. The first-order valence-electron chi connectivity index (χ1n) is 8.89. The number of methoxy groups -OCH3 is 1. The van der Waals surface area contributed by atoms with Crippen molar-refractivity contribution >= 4 is 29.3 Å². The Morgan fingerprint density at radius 3 is 2.81 bits per heavy atom. The first-order valence-corrected chi connectivity index (χ1v) is 9.27. The van der Waals surface area contributed by atoms with Gasteiger partial charge in [-0.25, -0.2) is 4.98 Å². The number of benzene rings is 2. The SMILES string of the molecule is COc1cc(/C=N/Nc2ccc([N+](=O)[O-])cn2)cc(Cl)c1OCc1ccccc1C#N. The monoisotopic (exact) mass is 437 g/mol. The average molecular weight is 438 g/mol. The molecule has 1 heterocycles. The van der Waals surface area contributed by atoms with Gasteiger partial charge in [0.1, 0.15) is 18.6 Å². The van der Waals surface area contributed by atoms with Gasteiger partial charge in [0.15, 0.2) is 11.5 Å². The van der Waals surface area contributed by atoms with E-state index in [1.54, 1.807) is 30.3 Å². The molecule has 0 aliphatic rings. The number of nitrogens with zero attached hydrogens (tertiary/aromatic N) is 4. The molecular weight excluding hydrogens is 422 g/mol. The maximum Gasteiger partial charge on any atom is 0.287 e. The number of pyridine rings is 1. The third-order valence-corrected chi connectivity index (χ3v) is 4.39. The molecule has 0 atom stereocenters. The maximum atomic E-state index is 10.7. The van der Waals surface area contributed by atoms with Crippen molar-refractivity contribution in [2.24, 2.45) is 5.10 Å². The van der Waals surface area contributed by atoms with E-state index >= 15 is 0 Å². The van der Waals surface area contributed by atoms with E-state index in [0.29, 0.717) is 33.5 Å². The molecule has 2 aromatic carbocycles. The summed E-state index contributed by atoms with van der Waals surface area (Å²) in [5.74, 6) is 1.09. The van der Waals surface area contributed by atoms with Gasteiger partial charge < -0.3 is 9.47 Å². The normalized spacial score (nSPS) is 10.5. The predicted octanol–water partition coefficient (Wildman–Crippen LogP) is 4.55. The summed E-state index contributed by atoms with van der Waals surface area (Å²) in [6.45, 7) is 0.153. The minimum Gasteiger partial charge on any atom is -0.493 e. The number of nitrogens with one attached hydrogen (secondary N) is 1. The van der Waals surface area contributed by atoms with Crippen LogP contribution in [0.2, 0.25) is 5.02 Å². The standard InChI is InChI=1S/C21H16ClN5O4/c1-30-19-9-14(11-25-26-20-7-6-17(12-24-20)27(28)29)8-18(22)21(19)31-13-16-5-3-2-4-15(16)10-23/h2-9,11-12H,13H2,1H3,(H,24,26)/b25-11+. The largest absolute Gasteiger partial charge is 0.493 e. The van der Waals surface area contributed by atoms with E-state index in [1.807, 2.05) is 6.07 Å². The summed E-state index contributed by atoms with van der Waals surface area (Å²) in [4.78, 5) is 14.0. The number of anilines is 1. The van der Waals surface area contributed by atoms with Crippen molar-refractivity contribution in [3.63, 3.8) is 0 Å². The number of nitriles is 1. The number of halogens is 1. The molecule has 1 aromatic heterocycles. The minimum atomic E-state index is -0.531. The van der Waals surface area contributed by atoms with Crippen LogP contribution >= 0.6 is 11.6 Å². The Bertz CT molecular complexity index is 1160. The van der Waals surface area contributed by atoms with Crippen LogP contribution < -0.4 is 14.9 Å². The van der Waals surface area contributed by atoms with Crippen LogP contribution in [0.25, 0.3) is 0 Å². The van der Waals surface area contributed by atoms with Gasteiger partial charge in [-0.2, -0.15) is 10.4 Å². The lowest BCUT2D eigenvalue weighted by atomic mass is 10.1. The van der Waals surface area contributed by atoms with Crippen LogP contribution in [0.15, 0.2) is 59.8 Å². The molecule has 0 fully saturated rings. The van der Waals surface area contributed by atoms with Crippen LogP contribution in [0.4, 0.5) is 11.5 Å².